The maximum absolute atomic E-state index is 12.7. The number of nitrogens with two attached hydrogens (primary N) is 1. The molecular formula is C22H23ClF3N5O3. The van der Waals surface area contributed by atoms with E-state index in [1.54, 1.807) is 12.1 Å². The highest BCUT2D eigenvalue weighted by Gasteiger charge is 2.38. The molecule has 1 aliphatic heterocycles. The maximum atomic E-state index is 12.7. The van der Waals surface area contributed by atoms with Crippen molar-refractivity contribution in [2.45, 2.75) is 31.1 Å². The standard InChI is InChI=1S/C20H22ClN5O.C2HF3O2/c21-15-3-1-13(2-4-15)19(22)20(27)26-9-7-16(8-10-26)24-17-5-6-18-14(11-17)12-23-25-18;3-2(4,5)1(6)7/h1-6,11-12,16,19,24H,7-10,22H2,(H,23,25);(H,6,7). The van der Waals surface area contributed by atoms with E-state index in [2.05, 4.69) is 27.6 Å². The number of fused-ring (bicyclic) bond motifs is 1. The third-order valence-electron chi connectivity index (χ3n) is 5.36. The van der Waals surface area contributed by atoms with Crippen molar-refractivity contribution < 1.29 is 27.9 Å². The molecule has 1 amide bonds. The van der Waals surface area contributed by atoms with Gasteiger partial charge in [-0.3, -0.25) is 9.89 Å². The van der Waals surface area contributed by atoms with Crippen molar-refractivity contribution >= 4 is 40.1 Å². The van der Waals surface area contributed by atoms with Crippen molar-refractivity contribution in [3.05, 3.63) is 59.2 Å². The van der Waals surface area contributed by atoms with Crippen molar-refractivity contribution in [1.82, 2.24) is 15.1 Å². The quantitative estimate of drug-likeness (QED) is 0.432. The molecular weight excluding hydrogens is 475 g/mol. The number of nitrogens with one attached hydrogen (secondary N) is 2. The number of halogens is 4. The molecule has 2 heterocycles. The SMILES string of the molecule is NC(C(=O)N1CCC(Nc2ccc3[nH]ncc3c2)CC1)c1ccc(Cl)cc1.O=C(O)C(F)(F)F. The summed E-state index contributed by atoms with van der Waals surface area (Å²) in [5.41, 5.74) is 9.05. The number of anilines is 1. The van der Waals surface area contributed by atoms with Gasteiger partial charge in [0.2, 0.25) is 5.91 Å². The molecule has 3 aromatic rings. The molecule has 1 aromatic heterocycles. The van der Waals surface area contributed by atoms with Gasteiger partial charge in [0, 0.05) is 35.2 Å². The first-order valence-corrected chi connectivity index (χ1v) is 10.7. The number of carbonyl (C=O) groups is 2. The Morgan fingerprint density at radius 3 is 2.38 bits per heavy atom. The number of amides is 1. The lowest BCUT2D eigenvalue weighted by Gasteiger charge is -2.34. The topological polar surface area (TPSA) is 124 Å². The second kappa shape index (κ2) is 10.7. The molecule has 1 unspecified atom stereocenters. The molecule has 2 aromatic carbocycles. The Morgan fingerprint density at radius 1 is 1.18 bits per heavy atom. The molecule has 1 aliphatic rings. The normalized spacial score (nSPS) is 15.4. The number of H-pyrrole nitrogens is 1. The van der Waals surface area contributed by atoms with Gasteiger partial charge in [0.1, 0.15) is 6.04 Å². The fourth-order valence-corrected chi connectivity index (χ4v) is 3.65. The summed E-state index contributed by atoms with van der Waals surface area (Å²) in [4.78, 5) is 23.5. The summed E-state index contributed by atoms with van der Waals surface area (Å²) in [7, 11) is 0. The van der Waals surface area contributed by atoms with Gasteiger partial charge in [-0.05, 0) is 48.7 Å². The molecule has 34 heavy (non-hydrogen) atoms. The number of piperidine rings is 1. The number of alkyl halides is 3. The number of aromatic nitrogens is 2. The molecule has 12 heteroatoms. The average molecular weight is 498 g/mol. The molecule has 0 saturated carbocycles. The van der Waals surface area contributed by atoms with Crippen molar-refractivity contribution in [2.24, 2.45) is 5.73 Å². The van der Waals surface area contributed by atoms with Crippen LogP contribution in [0.15, 0.2) is 48.7 Å². The second-order valence-electron chi connectivity index (χ2n) is 7.75. The number of aliphatic carboxylic acids is 1. The summed E-state index contributed by atoms with van der Waals surface area (Å²) >= 11 is 5.90. The number of nitrogens with zero attached hydrogens (tertiary/aromatic N) is 2. The number of carbonyl (C=O) groups excluding carboxylic acids is 1. The van der Waals surface area contributed by atoms with Crippen LogP contribution in [-0.2, 0) is 9.59 Å². The maximum Gasteiger partial charge on any atom is 0.490 e. The number of hydrogen-bond acceptors (Lipinski definition) is 5. The summed E-state index contributed by atoms with van der Waals surface area (Å²) < 4.78 is 31.7. The number of rotatable bonds is 4. The van der Waals surface area contributed by atoms with E-state index in [0.29, 0.717) is 24.2 Å². The van der Waals surface area contributed by atoms with Crippen LogP contribution in [0.5, 0.6) is 0 Å². The lowest BCUT2D eigenvalue weighted by molar-refractivity contribution is -0.192. The van der Waals surface area contributed by atoms with Gasteiger partial charge < -0.3 is 21.1 Å². The van der Waals surface area contributed by atoms with Crippen LogP contribution in [0.4, 0.5) is 18.9 Å². The highest BCUT2D eigenvalue weighted by atomic mass is 35.5. The van der Waals surface area contributed by atoms with Crippen LogP contribution in [0, 0.1) is 0 Å². The predicted octanol–water partition coefficient (Wildman–Crippen LogP) is 3.95. The first-order valence-electron chi connectivity index (χ1n) is 10.3. The Kier molecular flexibility index (Phi) is 8.00. The molecule has 8 nitrogen and oxygen atoms in total. The van der Waals surface area contributed by atoms with Crippen LogP contribution in [0.1, 0.15) is 24.4 Å². The minimum atomic E-state index is -5.08. The van der Waals surface area contributed by atoms with Crippen LogP contribution < -0.4 is 11.1 Å². The number of likely N-dealkylation sites (tertiary alicyclic amines) is 1. The van der Waals surface area contributed by atoms with Crippen molar-refractivity contribution in [3.63, 3.8) is 0 Å². The lowest BCUT2D eigenvalue weighted by atomic mass is 10.0. The number of hydrogen-bond donors (Lipinski definition) is 4. The molecule has 1 fully saturated rings. The van der Waals surface area contributed by atoms with Gasteiger partial charge in [0.05, 0.1) is 11.7 Å². The summed E-state index contributed by atoms with van der Waals surface area (Å²) in [6.45, 7) is 1.40. The monoisotopic (exact) mass is 497 g/mol. The number of carboxylic acid groups (broad SMARTS) is 1. The molecule has 4 rings (SSSR count). The van der Waals surface area contributed by atoms with Crippen molar-refractivity contribution in [1.29, 1.82) is 0 Å². The summed E-state index contributed by atoms with van der Waals surface area (Å²) in [6, 6.07) is 13.0. The van der Waals surface area contributed by atoms with E-state index in [0.717, 1.165) is 35.0 Å². The van der Waals surface area contributed by atoms with E-state index in [-0.39, 0.29) is 5.91 Å². The minimum Gasteiger partial charge on any atom is -0.475 e. The number of carboxylic acids is 1. The fourth-order valence-electron chi connectivity index (χ4n) is 3.52. The zero-order valence-corrected chi connectivity index (χ0v) is 18.6. The smallest absolute Gasteiger partial charge is 0.475 e. The molecule has 182 valence electrons. The molecule has 0 radical (unpaired) electrons. The largest absolute Gasteiger partial charge is 0.490 e. The number of benzene rings is 2. The Hall–Kier alpha value is -3.31. The lowest BCUT2D eigenvalue weighted by Crippen LogP contribution is -2.45. The van der Waals surface area contributed by atoms with Crippen LogP contribution in [0.2, 0.25) is 5.02 Å². The van der Waals surface area contributed by atoms with E-state index in [1.165, 1.54) is 0 Å². The van der Waals surface area contributed by atoms with E-state index in [4.69, 9.17) is 27.2 Å². The van der Waals surface area contributed by atoms with Gasteiger partial charge in [0.25, 0.3) is 0 Å². The van der Waals surface area contributed by atoms with Gasteiger partial charge in [-0.1, -0.05) is 23.7 Å². The molecule has 1 saturated heterocycles. The van der Waals surface area contributed by atoms with Gasteiger partial charge in [-0.2, -0.15) is 18.3 Å². The second-order valence-corrected chi connectivity index (χ2v) is 8.18. The Bertz CT molecular complexity index is 1130. The van der Waals surface area contributed by atoms with Crippen LogP contribution in [-0.4, -0.2) is 57.4 Å². The fraction of sp³-hybridized carbons (Fsp3) is 0.318. The summed E-state index contributed by atoms with van der Waals surface area (Å²) in [5, 5.41) is 19.4. The Balaban J connectivity index is 0.000000406. The summed E-state index contributed by atoms with van der Waals surface area (Å²) in [5.74, 6) is -2.79. The third kappa shape index (κ3) is 6.61. The van der Waals surface area contributed by atoms with Crippen LogP contribution in [0.3, 0.4) is 0 Å². The molecule has 0 spiro atoms. The first-order chi connectivity index (χ1) is 16.0. The minimum absolute atomic E-state index is 0.0319. The molecule has 0 bridgehead atoms. The Morgan fingerprint density at radius 2 is 1.79 bits per heavy atom. The molecule has 5 N–H and O–H groups in total. The zero-order chi connectivity index (χ0) is 24.9. The predicted molar refractivity (Wildman–Crippen MR) is 121 cm³/mol. The van der Waals surface area contributed by atoms with E-state index in [1.807, 2.05) is 29.3 Å². The van der Waals surface area contributed by atoms with Gasteiger partial charge in [0.15, 0.2) is 0 Å². The van der Waals surface area contributed by atoms with Gasteiger partial charge >= 0.3 is 12.1 Å². The van der Waals surface area contributed by atoms with Crippen molar-refractivity contribution in [2.75, 3.05) is 18.4 Å². The third-order valence-corrected chi connectivity index (χ3v) is 5.61. The van der Waals surface area contributed by atoms with Gasteiger partial charge in [-0.25, -0.2) is 4.79 Å². The first kappa shape index (κ1) is 25.3. The highest BCUT2D eigenvalue weighted by molar-refractivity contribution is 6.30. The summed E-state index contributed by atoms with van der Waals surface area (Å²) in [6.07, 6.45) is -1.48. The van der Waals surface area contributed by atoms with E-state index < -0.39 is 18.2 Å². The number of aromatic amines is 1. The zero-order valence-electron chi connectivity index (χ0n) is 17.8. The van der Waals surface area contributed by atoms with Crippen LogP contribution >= 0.6 is 11.6 Å². The van der Waals surface area contributed by atoms with E-state index in [9.17, 15) is 18.0 Å². The van der Waals surface area contributed by atoms with Crippen molar-refractivity contribution in [3.8, 4) is 0 Å². The van der Waals surface area contributed by atoms with E-state index >= 15 is 0 Å². The average Bonchev–Trinajstić information content (AvgIpc) is 3.27. The highest BCUT2D eigenvalue weighted by Crippen LogP contribution is 2.23. The molecule has 1 atom stereocenters. The molecule has 0 aliphatic carbocycles. The van der Waals surface area contributed by atoms with Crippen LogP contribution in [0.25, 0.3) is 10.9 Å². The Labute approximate surface area is 197 Å². The van der Waals surface area contributed by atoms with Gasteiger partial charge in [-0.15, -0.1) is 0 Å².